The third-order valence-electron chi connectivity index (χ3n) is 4.35. The van der Waals surface area contributed by atoms with Gasteiger partial charge >= 0.3 is 0 Å². The SMILES string of the molecule is Cc1cccc(C(=O)Nc2ccc(N3CCCCS3(=O)=O)c(C)c2)c1. The minimum Gasteiger partial charge on any atom is -0.322 e. The van der Waals surface area contributed by atoms with Crippen LogP contribution in [0.1, 0.15) is 34.3 Å². The van der Waals surface area contributed by atoms with Crippen LogP contribution >= 0.6 is 0 Å². The molecular weight excluding hydrogens is 336 g/mol. The van der Waals surface area contributed by atoms with E-state index in [0.29, 0.717) is 29.9 Å². The van der Waals surface area contributed by atoms with Crippen LogP contribution in [-0.2, 0) is 10.0 Å². The maximum Gasteiger partial charge on any atom is 0.255 e. The smallest absolute Gasteiger partial charge is 0.255 e. The highest BCUT2D eigenvalue weighted by Crippen LogP contribution is 2.29. The van der Waals surface area contributed by atoms with Crippen molar-refractivity contribution in [3.63, 3.8) is 0 Å². The lowest BCUT2D eigenvalue weighted by atomic mass is 10.1. The third kappa shape index (κ3) is 3.85. The number of benzene rings is 2. The van der Waals surface area contributed by atoms with Gasteiger partial charge in [-0.2, -0.15) is 0 Å². The molecule has 0 unspecified atom stereocenters. The van der Waals surface area contributed by atoms with Crippen LogP contribution in [0.15, 0.2) is 42.5 Å². The second-order valence-corrected chi connectivity index (χ2v) is 8.43. The Bertz CT molecular complexity index is 907. The molecule has 1 heterocycles. The molecule has 0 radical (unpaired) electrons. The van der Waals surface area contributed by atoms with Crippen molar-refractivity contribution in [2.75, 3.05) is 21.9 Å². The summed E-state index contributed by atoms with van der Waals surface area (Å²) in [5.74, 6) is 0.0135. The normalized spacial score (nSPS) is 16.5. The molecule has 0 bridgehead atoms. The Morgan fingerprint density at radius 2 is 1.88 bits per heavy atom. The van der Waals surface area contributed by atoms with Crippen LogP contribution in [0.4, 0.5) is 11.4 Å². The summed E-state index contributed by atoms with van der Waals surface area (Å²) in [7, 11) is -3.24. The monoisotopic (exact) mass is 358 g/mol. The van der Waals surface area contributed by atoms with Crippen LogP contribution in [0.3, 0.4) is 0 Å². The van der Waals surface area contributed by atoms with Crippen molar-refractivity contribution in [3.05, 3.63) is 59.2 Å². The second kappa shape index (κ2) is 6.88. The first-order chi connectivity index (χ1) is 11.9. The number of carbonyl (C=O) groups excluding carboxylic acids is 1. The summed E-state index contributed by atoms with van der Waals surface area (Å²) >= 11 is 0. The van der Waals surface area contributed by atoms with Crippen molar-refractivity contribution in [3.8, 4) is 0 Å². The maximum atomic E-state index is 12.3. The van der Waals surface area contributed by atoms with E-state index in [9.17, 15) is 13.2 Å². The van der Waals surface area contributed by atoms with Gasteiger partial charge in [0.15, 0.2) is 0 Å². The number of hydrogen-bond donors (Lipinski definition) is 1. The van der Waals surface area contributed by atoms with Gasteiger partial charge in [0.05, 0.1) is 11.4 Å². The van der Waals surface area contributed by atoms with Gasteiger partial charge in [-0.3, -0.25) is 9.10 Å². The zero-order valence-corrected chi connectivity index (χ0v) is 15.3. The Hall–Kier alpha value is -2.34. The van der Waals surface area contributed by atoms with E-state index in [1.54, 1.807) is 18.2 Å². The van der Waals surface area contributed by atoms with Gasteiger partial charge in [0.2, 0.25) is 10.0 Å². The zero-order valence-electron chi connectivity index (χ0n) is 14.5. The maximum absolute atomic E-state index is 12.3. The molecule has 132 valence electrons. The third-order valence-corrected chi connectivity index (χ3v) is 6.21. The van der Waals surface area contributed by atoms with Crippen molar-refractivity contribution in [2.24, 2.45) is 0 Å². The number of nitrogens with zero attached hydrogens (tertiary/aromatic N) is 1. The van der Waals surface area contributed by atoms with Crippen molar-refractivity contribution >= 4 is 27.3 Å². The lowest BCUT2D eigenvalue weighted by Gasteiger charge is -2.29. The molecule has 0 atom stereocenters. The molecule has 1 saturated heterocycles. The van der Waals surface area contributed by atoms with Gasteiger partial charge in [0.1, 0.15) is 0 Å². The summed E-state index contributed by atoms with van der Waals surface area (Å²) in [6, 6.07) is 12.7. The van der Waals surface area contributed by atoms with E-state index in [1.807, 2.05) is 38.1 Å². The van der Waals surface area contributed by atoms with E-state index in [4.69, 9.17) is 0 Å². The predicted molar refractivity (Wildman–Crippen MR) is 101 cm³/mol. The number of carbonyl (C=O) groups is 1. The van der Waals surface area contributed by atoms with E-state index in [-0.39, 0.29) is 11.7 Å². The fourth-order valence-electron chi connectivity index (χ4n) is 3.06. The zero-order chi connectivity index (χ0) is 18.0. The first kappa shape index (κ1) is 17.5. The molecule has 25 heavy (non-hydrogen) atoms. The molecule has 5 nitrogen and oxygen atoms in total. The van der Waals surface area contributed by atoms with Gasteiger partial charge in [0, 0.05) is 17.8 Å². The number of rotatable bonds is 3. The van der Waals surface area contributed by atoms with Crippen LogP contribution < -0.4 is 9.62 Å². The quantitative estimate of drug-likeness (QED) is 0.913. The average molecular weight is 358 g/mol. The minimum absolute atomic E-state index is 0.179. The first-order valence-electron chi connectivity index (χ1n) is 8.36. The molecule has 0 spiro atoms. The molecule has 6 heteroatoms. The molecule has 0 aliphatic carbocycles. The summed E-state index contributed by atoms with van der Waals surface area (Å²) < 4.78 is 26.0. The number of aryl methyl sites for hydroxylation is 2. The average Bonchev–Trinajstić information content (AvgIpc) is 2.55. The van der Waals surface area contributed by atoms with Crippen molar-refractivity contribution in [1.82, 2.24) is 0 Å². The van der Waals surface area contributed by atoms with Gasteiger partial charge in [-0.1, -0.05) is 17.7 Å². The summed E-state index contributed by atoms with van der Waals surface area (Å²) in [5.41, 5.74) is 3.79. The molecule has 1 aliphatic heterocycles. The highest BCUT2D eigenvalue weighted by molar-refractivity contribution is 7.92. The number of anilines is 2. The lowest BCUT2D eigenvalue weighted by molar-refractivity contribution is 0.102. The van der Waals surface area contributed by atoms with E-state index in [0.717, 1.165) is 17.5 Å². The van der Waals surface area contributed by atoms with Crippen LogP contribution in [-0.4, -0.2) is 26.6 Å². The Labute approximate surface area is 148 Å². The summed E-state index contributed by atoms with van der Waals surface area (Å²) in [6.45, 7) is 4.31. The molecule has 0 saturated carbocycles. The molecule has 1 N–H and O–H groups in total. The van der Waals surface area contributed by atoms with Gasteiger partial charge in [-0.15, -0.1) is 0 Å². The van der Waals surface area contributed by atoms with Crippen LogP contribution in [0, 0.1) is 13.8 Å². The molecule has 1 amide bonds. The fraction of sp³-hybridized carbons (Fsp3) is 0.316. The second-order valence-electron chi connectivity index (χ2n) is 6.42. The standard InChI is InChI=1S/C19H22N2O3S/c1-14-6-5-7-16(12-14)19(22)20-17-8-9-18(15(2)13-17)21-10-3-4-11-25(21,23)24/h5-9,12-13H,3-4,10-11H2,1-2H3,(H,20,22). The van der Waals surface area contributed by atoms with Crippen molar-refractivity contribution in [2.45, 2.75) is 26.7 Å². The van der Waals surface area contributed by atoms with Crippen molar-refractivity contribution < 1.29 is 13.2 Å². The molecule has 0 aromatic heterocycles. The Morgan fingerprint density at radius 1 is 1.08 bits per heavy atom. The largest absolute Gasteiger partial charge is 0.322 e. The van der Waals surface area contributed by atoms with Gasteiger partial charge in [0.25, 0.3) is 5.91 Å². The lowest BCUT2D eigenvalue weighted by Crippen LogP contribution is -2.38. The molecule has 1 fully saturated rings. The van der Waals surface area contributed by atoms with Crippen LogP contribution in [0.2, 0.25) is 0 Å². The fourth-order valence-corrected chi connectivity index (χ4v) is 4.76. The summed E-state index contributed by atoms with van der Waals surface area (Å²) in [6.07, 6.45) is 1.58. The van der Waals surface area contributed by atoms with Gasteiger partial charge in [-0.05, 0) is 62.6 Å². The molecular formula is C19H22N2O3S. The molecule has 3 rings (SSSR count). The Balaban J connectivity index is 1.81. The molecule has 1 aliphatic rings. The predicted octanol–water partition coefficient (Wildman–Crippen LogP) is 3.49. The van der Waals surface area contributed by atoms with Gasteiger partial charge in [-0.25, -0.2) is 8.42 Å². The number of hydrogen-bond acceptors (Lipinski definition) is 3. The minimum atomic E-state index is -3.24. The van der Waals surface area contributed by atoms with Crippen LogP contribution in [0.5, 0.6) is 0 Å². The van der Waals surface area contributed by atoms with E-state index >= 15 is 0 Å². The van der Waals surface area contributed by atoms with Crippen molar-refractivity contribution in [1.29, 1.82) is 0 Å². The molecule has 2 aromatic rings. The highest BCUT2D eigenvalue weighted by atomic mass is 32.2. The van der Waals surface area contributed by atoms with Crippen LogP contribution in [0.25, 0.3) is 0 Å². The van der Waals surface area contributed by atoms with E-state index in [2.05, 4.69) is 5.32 Å². The molecule has 2 aromatic carbocycles. The number of amides is 1. The van der Waals surface area contributed by atoms with Gasteiger partial charge < -0.3 is 5.32 Å². The summed E-state index contributed by atoms with van der Waals surface area (Å²) in [5, 5.41) is 2.87. The first-order valence-corrected chi connectivity index (χ1v) is 9.97. The number of nitrogens with one attached hydrogen (secondary N) is 1. The topological polar surface area (TPSA) is 66.5 Å². The Morgan fingerprint density at radius 3 is 2.56 bits per heavy atom. The Kier molecular flexibility index (Phi) is 4.81. The summed E-state index contributed by atoms with van der Waals surface area (Å²) in [4.78, 5) is 12.3. The van der Waals surface area contributed by atoms with E-state index < -0.39 is 10.0 Å². The highest BCUT2D eigenvalue weighted by Gasteiger charge is 2.27. The number of sulfonamides is 1. The van der Waals surface area contributed by atoms with E-state index in [1.165, 1.54) is 4.31 Å².